The molecule has 0 aliphatic carbocycles. The highest BCUT2D eigenvalue weighted by molar-refractivity contribution is 6.02. The van der Waals surface area contributed by atoms with E-state index in [1.807, 2.05) is 19.9 Å². The van der Waals surface area contributed by atoms with Gasteiger partial charge in [0.15, 0.2) is 18.1 Å². The molecule has 160 valence electrons. The van der Waals surface area contributed by atoms with Gasteiger partial charge in [0, 0.05) is 5.69 Å². The largest absolute Gasteiger partial charge is 0.493 e. The quantitative estimate of drug-likeness (QED) is 0.668. The van der Waals surface area contributed by atoms with Crippen LogP contribution in [0, 0.1) is 13.8 Å². The Balaban J connectivity index is 1.96. The second-order valence-electron chi connectivity index (χ2n) is 6.26. The third-order valence-electron chi connectivity index (χ3n) is 4.28. The van der Waals surface area contributed by atoms with E-state index in [0.717, 1.165) is 11.1 Å². The van der Waals surface area contributed by atoms with Gasteiger partial charge in [-0.2, -0.15) is 0 Å². The summed E-state index contributed by atoms with van der Waals surface area (Å²) >= 11 is 0. The molecule has 0 radical (unpaired) electrons. The Hall–Kier alpha value is -3.75. The monoisotopic (exact) mass is 416 g/mol. The molecular formula is C21H24N2O7. The fourth-order valence-corrected chi connectivity index (χ4v) is 2.62. The van der Waals surface area contributed by atoms with E-state index in [2.05, 4.69) is 10.6 Å². The van der Waals surface area contributed by atoms with Crippen LogP contribution in [0.2, 0.25) is 0 Å². The Morgan fingerprint density at radius 1 is 0.867 bits per heavy atom. The third-order valence-corrected chi connectivity index (χ3v) is 4.28. The standard InChI is InChI=1S/C21H24N2O7/c1-12-6-7-14(10-13(12)2)22-21(26)23-17(24)11-30-20(25)15-8-9-16(27-3)19(29-5)18(15)28-4/h6-10H,11H2,1-5H3,(H2,22,23,24,26). The molecule has 30 heavy (non-hydrogen) atoms. The maximum absolute atomic E-state index is 12.4. The summed E-state index contributed by atoms with van der Waals surface area (Å²) in [4.78, 5) is 36.3. The van der Waals surface area contributed by atoms with Crippen LogP contribution < -0.4 is 24.8 Å². The van der Waals surface area contributed by atoms with Gasteiger partial charge in [-0.15, -0.1) is 0 Å². The first-order chi connectivity index (χ1) is 14.3. The topological polar surface area (TPSA) is 112 Å². The zero-order valence-electron chi connectivity index (χ0n) is 17.5. The van der Waals surface area contributed by atoms with E-state index in [9.17, 15) is 14.4 Å². The number of esters is 1. The minimum atomic E-state index is -0.822. The van der Waals surface area contributed by atoms with Crippen molar-refractivity contribution in [1.29, 1.82) is 0 Å². The summed E-state index contributed by atoms with van der Waals surface area (Å²) in [5.74, 6) is -0.922. The smallest absolute Gasteiger partial charge is 0.342 e. The third kappa shape index (κ3) is 5.40. The second kappa shape index (κ2) is 10.1. The zero-order chi connectivity index (χ0) is 22.3. The number of aryl methyl sites for hydroxylation is 2. The van der Waals surface area contributed by atoms with Crippen LogP contribution in [0.25, 0.3) is 0 Å². The number of nitrogens with one attached hydrogen (secondary N) is 2. The van der Waals surface area contributed by atoms with E-state index in [-0.39, 0.29) is 17.1 Å². The van der Waals surface area contributed by atoms with Crippen LogP contribution in [0.15, 0.2) is 30.3 Å². The predicted octanol–water partition coefficient (Wildman–Crippen LogP) is 2.83. The first kappa shape index (κ1) is 22.5. The van der Waals surface area contributed by atoms with E-state index < -0.39 is 24.5 Å². The van der Waals surface area contributed by atoms with Gasteiger partial charge in [-0.1, -0.05) is 6.07 Å². The molecule has 0 spiro atoms. The van der Waals surface area contributed by atoms with Crippen LogP contribution in [0.3, 0.4) is 0 Å². The summed E-state index contributed by atoms with van der Waals surface area (Å²) in [6, 6.07) is 7.55. The van der Waals surface area contributed by atoms with Gasteiger partial charge in [-0.25, -0.2) is 9.59 Å². The van der Waals surface area contributed by atoms with Crippen molar-refractivity contribution < 1.29 is 33.3 Å². The van der Waals surface area contributed by atoms with Crippen molar-refractivity contribution in [2.45, 2.75) is 13.8 Å². The maximum Gasteiger partial charge on any atom is 0.342 e. The number of amides is 3. The summed E-state index contributed by atoms with van der Waals surface area (Å²) in [5.41, 5.74) is 2.66. The molecule has 2 rings (SSSR count). The van der Waals surface area contributed by atoms with Gasteiger partial charge in [-0.05, 0) is 49.2 Å². The summed E-state index contributed by atoms with van der Waals surface area (Å²) in [6.45, 7) is 3.20. The Morgan fingerprint density at radius 3 is 2.17 bits per heavy atom. The number of hydrogen-bond acceptors (Lipinski definition) is 7. The van der Waals surface area contributed by atoms with Gasteiger partial charge in [-0.3, -0.25) is 10.1 Å². The van der Waals surface area contributed by atoms with Crippen molar-refractivity contribution in [3.05, 3.63) is 47.0 Å². The number of ether oxygens (including phenoxy) is 4. The average Bonchev–Trinajstić information content (AvgIpc) is 2.73. The van der Waals surface area contributed by atoms with Crippen molar-refractivity contribution in [2.75, 3.05) is 33.3 Å². The van der Waals surface area contributed by atoms with Gasteiger partial charge < -0.3 is 24.3 Å². The van der Waals surface area contributed by atoms with E-state index in [0.29, 0.717) is 11.4 Å². The fraction of sp³-hybridized carbons (Fsp3) is 0.286. The first-order valence-corrected chi connectivity index (χ1v) is 8.94. The summed E-state index contributed by atoms with van der Waals surface area (Å²) in [6.07, 6.45) is 0. The number of carbonyl (C=O) groups excluding carboxylic acids is 3. The molecule has 0 saturated carbocycles. The first-order valence-electron chi connectivity index (χ1n) is 8.94. The lowest BCUT2D eigenvalue weighted by molar-refractivity contribution is -0.123. The van der Waals surface area contributed by atoms with Gasteiger partial charge in [0.25, 0.3) is 5.91 Å². The number of rotatable bonds is 7. The van der Waals surface area contributed by atoms with Crippen LogP contribution >= 0.6 is 0 Å². The fourth-order valence-electron chi connectivity index (χ4n) is 2.62. The van der Waals surface area contributed by atoms with Gasteiger partial charge in [0.1, 0.15) is 5.56 Å². The lowest BCUT2D eigenvalue weighted by Gasteiger charge is -2.15. The van der Waals surface area contributed by atoms with Crippen LogP contribution in [0.1, 0.15) is 21.5 Å². The maximum atomic E-state index is 12.4. The van der Waals surface area contributed by atoms with Crippen molar-refractivity contribution >= 4 is 23.6 Å². The molecule has 2 N–H and O–H groups in total. The van der Waals surface area contributed by atoms with E-state index >= 15 is 0 Å². The normalized spacial score (nSPS) is 10.0. The molecule has 9 nitrogen and oxygen atoms in total. The number of imide groups is 1. The van der Waals surface area contributed by atoms with Crippen molar-refractivity contribution in [1.82, 2.24) is 5.32 Å². The Kier molecular flexibility index (Phi) is 7.62. The number of benzene rings is 2. The molecule has 0 bridgehead atoms. The molecule has 2 aromatic carbocycles. The lowest BCUT2D eigenvalue weighted by Crippen LogP contribution is -2.37. The number of hydrogen-bond donors (Lipinski definition) is 2. The van der Waals surface area contributed by atoms with Gasteiger partial charge >= 0.3 is 12.0 Å². The van der Waals surface area contributed by atoms with Crippen LogP contribution in [-0.4, -0.2) is 45.8 Å². The predicted molar refractivity (Wildman–Crippen MR) is 109 cm³/mol. The van der Waals surface area contributed by atoms with Crippen LogP contribution in [0.5, 0.6) is 17.2 Å². The van der Waals surface area contributed by atoms with Gasteiger partial charge in [0.2, 0.25) is 5.75 Å². The molecule has 0 atom stereocenters. The van der Waals surface area contributed by atoms with Crippen LogP contribution in [0.4, 0.5) is 10.5 Å². The summed E-state index contributed by atoms with van der Waals surface area (Å²) in [5, 5.41) is 4.64. The second-order valence-corrected chi connectivity index (χ2v) is 6.26. The van der Waals surface area contributed by atoms with Crippen molar-refractivity contribution in [3.63, 3.8) is 0 Å². The highest BCUT2D eigenvalue weighted by Gasteiger charge is 2.22. The number of carbonyl (C=O) groups is 3. The number of anilines is 1. The summed E-state index contributed by atoms with van der Waals surface area (Å²) in [7, 11) is 4.21. The molecule has 2 aromatic rings. The Labute approximate surface area is 174 Å². The Morgan fingerprint density at radius 2 is 1.57 bits per heavy atom. The van der Waals surface area contributed by atoms with E-state index in [1.165, 1.54) is 33.5 Å². The molecule has 0 saturated heterocycles. The molecule has 3 amide bonds. The minimum absolute atomic E-state index is 0.0440. The molecule has 9 heteroatoms. The van der Waals surface area contributed by atoms with Crippen molar-refractivity contribution in [3.8, 4) is 17.2 Å². The highest BCUT2D eigenvalue weighted by atomic mass is 16.5. The SMILES string of the molecule is COc1ccc(C(=O)OCC(=O)NC(=O)Nc2ccc(C)c(C)c2)c(OC)c1OC. The summed E-state index contributed by atoms with van der Waals surface area (Å²) < 4.78 is 20.6. The molecule has 0 fully saturated rings. The molecular weight excluding hydrogens is 392 g/mol. The molecule has 0 aromatic heterocycles. The van der Waals surface area contributed by atoms with Crippen LogP contribution in [-0.2, 0) is 9.53 Å². The molecule has 0 aliphatic rings. The molecule has 0 unspecified atom stereocenters. The number of urea groups is 1. The lowest BCUT2D eigenvalue weighted by atomic mass is 10.1. The van der Waals surface area contributed by atoms with Crippen molar-refractivity contribution in [2.24, 2.45) is 0 Å². The zero-order valence-corrected chi connectivity index (χ0v) is 17.5. The molecule has 0 aliphatic heterocycles. The van der Waals surface area contributed by atoms with Gasteiger partial charge in [0.05, 0.1) is 21.3 Å². The number of methoxy groups -OCH3 is 3. The Bertz CT molecular complexity index is 957. The molecule has 0 heterocycles. The highest BCUT2D eigenvalue weighted by Crippen LogP contribution is 2.39. The minimum Gasteiger partial charge on any atom is -0.493 e. The van der Waals surface area contributed by atoms with E-state index in [1.54, 1.807) is 12.1 Å². The van der Waals surface area contributed by atoms with E-state index in [4.69, 9.17) is 18.9 Å². The average molecular weight is 416 g/mol.